The van der Waals surface area contributed by atoms with Crippen LogP contribution in [0.3, 0.4) is 0 Å². The summed E-state index contributed by atoms with van der Waals surface area (Å²) in [4.78, 5) is 1.36. The fourth-order valence-electron chi connectivity index (χ4n) is 1.11. The number of rotatable bonds is 1. The molecular formula is C9H9NS. The van der Waals surface area contributed by atoms with Crippen molar-refractivity contribution >= 4 is 11.3 Å². The number of nitrogens with one attached hydrogen (secondary N) is 1. The molecule has 0 amide bonds. The Bertz CT molecular complexity index is 238. The number of thiophene rings is 1. The minimum Gasteiger partial charge on any atom is -0.304 e. The van der Waals surface area contributed by atoms with Gasteiger partial charge in [-0.15, -0.1) is 11.3 Å². The van der Waals surface area contributed by atoms with Gasteiger partial charge >= 0.3 is 0 Å². The van der Waals surface area contributed by atoms with Gasteiger partial charge in [0.2, 0.25) is 0 Å². The van der Waals surface area contributed by atoms with Crippen molar-refractivity contribution < 1.29 is 0 Å². The highest BCUT2D eigenvalue weighted by Crippen LogP contribution is 2.25. The predicted octanol–water partition coefficient (Wildman–Crippen LogP) is 2.03. The van der Waals surface area contributed by atoms with Crippen molar-refractivity contribution in [2.24, 2.45) is 0 Å². The van der Waals surface area contributed by atoms with Crippen LogP contribution in [0.5, 0.6) is 0 Å². The van der Waals surface area contributed by atoms with Crippen LogP contribution in [-0.2, 0) is 0 Å². The molecule has 0 saturated heterocycles. The van der Waals surface area contributed by atoms with Gasteiger partial charge in [-0.05, 0) is 11.4 Å². The van der Waals surface area contributed by atoms with E-state index in [-0.39, 0.29) is 0 Å². The van der Waals surface area contributed by atoms with Gasteiger partial charge in [0.25, 0.3) is 0 Å². The molecule has 1 unspecified atom stereocenters. The molecule has 0 bridgehead atoms. The van der Waals surface area contributed by atoms with Gasteiger partial charge in [-0.3, -0.25) is 0 Å². The molecule has 0 saturated carbocycles. The van der Waals surface area contributed by atoms with Crippen LogP contribution >= 0.6 is 11.3 Å². The van der Waals surface area contributed by atoms with E-state index in [1.165, 1.54) is 4.88 Å². The lowest BCUT2D eigenvalue weighted by Gasteiger charge is -2.13. The van der Waals surface area contributed by atoms with Crippen molar-refractivity contribution in [2.75, 3.05) is 6.54 Å². The molecule has 11 heavy (non-hydrogen) atoms. The van der Waals surface area contributed by atoms with Gasteiger partial charge in [0.05, 0.1) is 6.54 Å². The fourth-order valence-corrected chi connectivity index (χ4v) is 1.87. The van der Waals surface area contributed by atoms with Crippen molar-refractivity contribution in [2.45, 2.75) is 5.92 Å². The Hall–Kier alpha value is -0.600. The molecule has 1 N–H and O–H groups in total. The summed E-state index contributed by atoms with van der Waals surface area (Å²) in [7, 11) is 0. The number of hydrogen-bond donors (Lipinski definition) is 1. The maximum Gasteiger partial charge on any atom is 0.0720 e. The topological polar surface area (TPSA) is 12.0 Å². The first-order chi connectivity index (χ1) is 5.47. The monoisotopic (exact) mass is 163 g/mol. The van der Waals surface area contributed by atoms with E-state index in [9.17, 15) is 0 Å². The highest BCUT2D eigenvalue weighted by molar-refractivity contribution is 7.10. The van der Waals surface area contributed by atoms with E-state index < -0.39 is 0 Å². The molecular weight excluding hydrogens is 154 g/mol. The van der Waals surface area contributed by atoms with E-state index >= 15 is 0 Å². The Kier molecular flexibility index (Phi) is 2.06. The summed E-state index contributed by atoms with van der Waals surface area (Å²) in [6, 6.07) is 4.21. The lowest BCUT2D eigenvalue weighted by Crippen LogP contribution is -2.18. The first-order valence-electron chi connectivity index (χ1n) is 3.65. The molecule has 0 aromatic carbocycles. The Morgan fingerprint density at radius 2 is 2.64 bits per heavy atom. The molecule has 1 aliphatic heterocycles. The molecule has 0 aliphatic carbocycles. The maximum atomic E-state index is 3.20. The normalized spacial score (nSPS) is 23.8. The molecule has 2 rings (SSSR count). The average molecular weight is 163 g/mol. The summed E-state index contributed by atoms with van der Waals surface area (Å²) in [6.07, 6.45) is 4.32. The SMILES string of the molecule is [C]1NCC=CC1c1cccs1. The minimum absolute atomic E-state index is 0.365. The average Bonchev–Trinajstić information content (AvgIpc) is 2.58. The van der Waals surface area contributed by atoms with Crippen LogP contribution < -0.4 is 5.32 Å². The second kappa shape index (κ2) is 3.20. The molecule has 0 fully saturated rings. The van der Waals surface area contributed by atoms with Gasteiger partial charge in [0.15, 0.2) is 0 Å². The summed E-state index contributed by atoms with van der Waals surface area (Å²) in [5.41, 5.74) is 0. The minimum atomic E-state index is 0.365. The predicted molar refractivity (Wildman–Crippen MR) is 47.4 cm³/mol. The third-order valence-electron chi connectivity index (χ3n) is 1.66. The summed E-state index contributed by atoms with van der Waals surface area (Å²) >= 11 is 1.78. The summed E-state index contributed by atoms with van der Waals surface area (Å²) in [6.45, 7) is 4.11. The van der Waals surface area contributed by atoms with E-state index in [4.69, 9.17) is 0 Å². The third-order valence-corrected chi connectivity index (χ3v) is 2.61. The van der Waals surface area contributed by atoms with Crippen LogP contribution in [0.2, 0.25) is 0 Å². The van der Waals surface area contributed by atoms with Crippen molar-refractivity contribution in [1.82, 2.24) is 5.32 Å². The Morgan fingerprint density at radius 1 is 1.64 bits per heavy atom. The zero-order valence-electron chi connectivity index (χ0n) is 6.08. The number of hydrogen-bond acceptors (Lipinski definition) is 2. The highest BCUT2D eigenvalue weighted by Gasteiger charge is 2.11. The molecule has 2 heterocycles. The summed E-state index contributed by atoms with van der Waals surface area (Å²) in [5, 5.41) is 5.19. The molecule has 1 aromatic rings. The molecule has 1 aliphatic rings. The highest BCUT2D eigenvalue weighted by atomic mass is 32.1. The Balaban J connectivity index is 2.16. The molecule has 2 heteroatoms. The first kappa shape index (κ1) is 7.07. The smallest absolute Gasteiger partial charge is 0.0720 e. The van der Waals surface area contributed by atoms with Crippen LogP contribution in [0, 0.1) is 6.54 Å². The third kappa shape index (κ3) is 1.52. The molecule has 1 nitrogen and oxygen atoms in total. The largest absolute Gasteiger partial charge is 0.304 e. The van der Waals surface area contributed by atoms with Crippen molar-refractivity contribution in [3.63, 3.8) is 0 Å². The van der Waals surface area contributed by atoms with Crippen LogP contribution in [0.25, 0.3) is 0 Å². The van der Waals surface area contributed by atoms with Gasteiger partial charge in [-0.2, -0.15) is 0 Å². The summed E-state index contributed by atoms with van der Waals surface area (Å²) < 4.78 is 0. The van der Waals surface area contributed by atoms with E-state index in [1.807, 2.05) is 0 Å². The second-order valence-electron chi connectivity index (χ2n) is 2.45. The molecule has 1 atom stereocenters. The van der Waals surface area contributed by atoms with Gasteiger partial charge in [-0.1, -0.05) is 18.2 Å². The van der Waals surface area contributed by atoms with E-state index in [2.05, 4.69) is 41.5 Å². The maximum absolute atomic E-state index is 3.20. The molecule has 0 spiro atoms. The zero-order chi connectivity index (χ0) is 7.52. The summed E-state index contributed by atoms with van der Waals surface area (Å²) in [5.74, 6) is 0.365. The van der Waals surface area contributed by atoms with E-state index in [1.54, 1.807) is 11.3 Å². The Morgan fingerprint density at radius 3 is 3.27 bits per heavy atom. The van der Waals surface area contributed by atoms with Crippen molar-refractivity contribution in [3.05, 3.63) is 41.1 Å². The lowest BCUT2D eigenvalue weighted by atomic mass is 10.1. The fraction of sp³-hybridized carbons (Fsp3) is 0.222. The van der Waals surface area contributed by atoms with Crippen LogP contribution in [0.1, 0.15) is 10.8 Å². The first-order valence-corrected chi connectivity index (χ1v) is 4.53. The molecule has 56 valence electrons. The standard InChI is InChI=1S/C9H9NS/c1-3-8(7-10-5-1)9-4-2-6-11-9/h1-4,6,8,10H,5H2. The quantitative estimate of drug-likeness (QED) is 0.625. The lowest BCUT2D eigenvalue weighted by molar-refractivity contribution is 0.770. The van der Waals surface area contributed by atoms with Crippen LogP contribution in [-0.4, -0.2) is 6.54 Å². The van der Waals surface area contributed by atoms with Crippen molar-refractivity contribution in [3.8, 4) is 0 Å². The van der Waals surface area contributed by atoms with Gasteiger partial charge in [0.1, 0.15) is 0 Å². The molecule has 1 aromatic heterocycles. The van der Waals surface area contributed by atoms with E-state index in [0.717, 1.165) is 6.54 Å². The molecule has 2 radical (unpaired) electrons. The zero-order valence-corrected chi connectivity index (χ0v) is 6.90. The Labute approximate surface area is 70.8 Å². The van der Waals surface area contributed by atoms with Gasteiger partial charge < -0.3 is 5.32 Å². The van der Waals surface area contributed by atoms with Crippen molar-refractivity contribution in [1.29, 1.82) is 0 Å². The van der Waals surface area contributed by atoms with Crippen LogP contribution in [0.4, 0.5) is 0 Å². The van der Waals surface area contributed by atoms with E-state index in [0.29, 0.717) is 5.92 Å². The van der Waals surface area contributed by atoms with Gasteiger partial charge in [0, 0.05) is 17.3 Å². The second-order valence-corrected chi connectivity index (χ2v) is 3.43. The van der Waals surface area contributed by atoms with Crippen LogP contribution in [0.15, 0.2) is 29.7 Å². The van der Waals surface area contributed by atoms with Gasteiger partial charge in [-0.25, -0.2) is 0 Å².